The van der Waals surface area contributed by atoms with E-state index in [1.807, 2.05) is 25.3 Å². The summed E-state index contributed by atoms with van der Waals surface area (Å²) in [5.74, 6) is -0.234. The van der Waals surface area contributed by atoms with Crippen molar-refractivity contribution in [3.05, 3.63) is 35.3 Å². The third-order valence-corrected chi connectivity index (χ3v) is 3.19. The topological polar surface area (TPSA) is 78.1 Å². The van der Waals surface area contributed by atoms with Crippen molar-refractivity contribution in [1.82, 2.24) is 14.3 Å². The zero-order valence-corrected chi connectivity index (χ0v) is 11.7. The van der Waals surface area contributed by atoms with Gasteiger partial charge in [-0.05, 0) is 31.5 Å². The van der Waals surface area contributed by atoms with E-state index in [0.29, 0.717) is 11.4 Å². The van der Waals surface area contributed by atoms with Crippen LogP contribution in [-0.2, 0) is 0 Å². The largest absolute Gasteiger partial charge is 0.395 e. The van der Waals surface area contributed by atoms with Crippen molar-refractivity contribution in [3.8, 4) is 0 Å². The average molecular weight is 277 g/mol. The number of aryl methyl sites for hydroxylation is 2. The molecule has 0 fully saturated rings. The molecule has 2 rings (SSSR count). The Morgan fingerprint density at radius 3 is 2.55 bits per heavy atom. The van der Waals surface area contributed by atoms with Gasteiger partial charge in [-0.3, -0.25) is 9.20 Å². The summed E-state index contributed by atoms with van der Waals surface area (Å²) in [7, 11) is 0. The number of amides is 1. The fourth-order valence-corrected chi connectivity index (χ4v) is 2.23. The highest BCUT2D eigenvalue weighted by Crippen LogP contribution is 2.15. The number of carbonyl (C=O) groups is 1. The number of rotatable bonds is 5. The van der Waals surface area contributed by atoms with E-state index >= 15 is 0 Å². The SMILES string of the molecule is Cc1ccn2c(C(=O)N(CCO)CCO)c(C)nc2c1. The van der Waals surface area contributed by atoms with Crippen molar-refractivity contribution in [2.45, 2.75) is 13.8 Å². The van der Waals surface area contributed by atoms with Gasteiger partial charge in [-0.15, -0.1) is 0 Å². The number of aromatic nitrogens is 2. The molecule has 0 saturated carbocycles. The van der Waals surface area contributed by atoms with Crippen LogP contribution in [0.4, 0.5) is 0 Å². The first-order valence-electron chi connectivity index (χ1n) is 6.54. The Bertz CT molecular complexity index is 615. The Morgan fingerprint density at radius 1 is 1.30 bits per heavy atom. The molecule has 2 aromatic rings. The second-order valence-corrected chi connectivity index (χ2v) is 4.72. The molecule has 6 heteroatoms. The van der Waals surface area contributed by atoms with Crippen molar-refractivity contribution in [2.24, 2.45) is 0 Å². The lowest BCUT2D eigenvalue weighted by molar-refractivity contribution is 0.0677. The van der Waals surface area contributed by atoms with Crippen LogP contribution in [0.15, 0.2) is 18.3 Å². The zero-order valence-electron chi connectivity index (χ0n) is 11.7. The molecule has 2 aromatic heterocycles. The van der Waals surface area contributed by atoms with Crippen LogP contribution >= 0.6 is 0 Å². The third-order valence-electron chi connectivity index (χ3n) is 3.19. The maximum atomic E-state index is 12.5. The second kappa shape index (κ2) is 6.02. The normalized spacial score (nSPS) is 11.0. The smallest absolute Gasteiger partial charge is 0.272 e. The van der Waals surface area contributed by atoms with Crippen LogP contribution in [-0.4, -0.2) is 56.7 Å². The van der Waals surface area contributed by atoms with Crippen LogP contribution < -0.4 is 0 Å². The highest BCUT2D eigenvalue weighted by molar-refractivity contribution is 5.94. The van der Waals surface area contributed by atoms with Gasteiger partial charge < -0.3 is 15.1 Å². The van der Waals surface area contributed by atoms with Gasteiger partial charge >= 0.3 is 0 Å². The fraction of sp³-hybridized carbons (Fsp3) is 0.429. The highest BCUT2D eigenvalue weighted by Gasteiger charge is 2.21. The van der Waals surface area contributed by atoms with Gasteiger partial charge in [0.25, 0.3) is 5.91 Å². The number of aliphatic hydroxyl groups is 2. The summed E-state index contributed by atoms with van der Waals surface area (Å²) in [6.45, 7) is 3.86. The minimum Gasteiger partial charge on any atom is -0.395 e. The van der Waals surface area contributed by atoms with Gasteiger partial charge in [-0.2, -0.15) is 0 Å². The van der Waals surface area contributed by atoms with Gasteiger partial charge in [0.05, 0.1) is 18.9 Å². The van der Waals surface area contributed by atoms with Crippen molar-refractivity contribution < 1.29 is 15.0 Å². The summed E-state index contributed by atoms with van der Waals surface area (Å²) in [5.41, 5.74) is 2.91. The minimum atomic E-state index is -0.234. The van der Waals surface area contributed by atoms with Crippen LogP contribution in [0.3, 0.4) is 0 Å². The van der Waals surface area contributed by atoms with E-state index in [1.54, 1.807) is 11.3 Å². The van der Waals surface area contributed by atoms with Crippen LogP contribution in [0.25, 0.3) is 5.65 Å². The van der Waals surface area contributed by atoms with Crippen molar-refractivity contribution in [2.75, 3.05) is 26.3 Å². The molecule has 6 nitrogen and oxygen atoms in total. The van der Waals surface area contributed by atoms with Gasteiger partial charge in [-0.1, -0.05) is 0 Å². The molecule has 1 amide bonds. The molecule has 108 valence electrons. The molecule has 0 bridgehead atoms. The number of aliphatic hydroxyl groups excluding tert-OH is 2. The molecular weight excluding hydrogens is 258 g/mol. The summed E-state index contributed by atoms with van der Waals surface area (Å²) in [4.78, 5) is 18.4. The molecule has 0 unspecified atom stereocenters. The van der Waals surface area contributed by atoms with E-state index in [0.717, 1.165) is 11.2 Å². The standard InChI is InChI=1S/C14H19N3O3/c1-10-3-4-17-12(9-10)15-11(2)13(17)14(20)16(5-7-18)6-8-19/h3-4,9,18-19H,5-8H2,1-2H3. The highest BCUT2D eigenvalue weighted by atomic mass is 16.3. The van der Waals surface area contributed by atoms with Crippen LogP contribution in [0.2, 0.25) is 0 Å². The van der Waals surface area contributed by atoms with E-state index in [2.05, 4.69) is 4.98 Å². The summed E-state index contributed by atoms with van der Waals surface area (Å²) in [6.07, 6.45) is 1.81. The van der Waals surface area contributed by atoms with E-state index in [-0.39, 0.29) is 32.2 Å². The zero-order chi connectivity index (χ0) is 14.7. The van der Waals surface area contributed by atoms with Gasteiger partial charge in [0.1, 0.15) is 11.3 Å². The van der Waals surface area contributed by atoms with Gasteiger partial charge in [0, 0.05) is 19.3 Å². The molecule has 0 atom stereocenters. The summed E-state index contributed by atoms with van der Waals surface area (Å²) in [6, 6.07) is 3.82. The molecule has 0 spiro atoms. The van der Waals surface area contributed by atoms with Crippen molar-refractivity contribution in [3.63, 3.8) is 0 Å². The predicted molar refractivity (Wildman–Crippen MR) is 74.7 cm³/mol. The maximum Gasteiger partial charge on any atom is 0.272 e. The van der Waals surface area contributed by atoms with Crippen LogP contribution in [0, 0.1) is 13.8 Å². The number of pyridine rings is 1. The number of hydrogen-bond acceptors (Lipinski definition) is 4. The first kappa shape index (κ1) is 14.5. The Balaban J connectivity index is 2.45. The lowest BCUT2D eigenvalue weighted by Gasteiger charge is -2.20. The molecular formula is C14H19N3O3. The lowest BCUT2D eigenvalue weighted by atomic mass is 10.2. The molecule has 0 saturated heterocycles. The molecule has 0 aliphatic carbocycles. The predicted octanol–water partition coefficient (Wildman–Crippen LogP) is 0.378. The first-order chi connectivity index (χ1) is 9.58. The number of carbonyl (C=O) groups excluding carboxylic acids is 1. The number of imidazole rings is 1. The second-order valence-electron chi connectivity index (χ2n) is 4.72. The number of nitrogens with zero attached hydrogens (tertiary/aromatic N) is 3. The molecule has 2 N–H and O–H groups in total. The van der Waals surface area contributed by atoms with Gasteiger partial charge in [0.15, 0.2) is 0 Å². The fourth-order valence-electron chi connectivity index (χ4n) is 2.23. The quantitative estimate of drug-likeness (QED) is 0.828. The summed E-state index contributed by atoms with van der Waals surface area (Å²) < 4.78 is 1.74. The minimum absolute atomic E-state index is 0.138. The monoisotopic (exact) mass is 277 g/mol. The molecule has 0 aromatic carbocycles. The molecule has 0 radical (unpaired) electrons. The maximum absolute atomic E-state index is 12.5. The van der Waals surface area contributed by atoms with E-state index in [1.165, 1.54) is 4.90 Å². The third kappa shape index (κ3) is 2.66. The van der Waals surface area contributed by atoms with E-state index in [9.17, 15) is 4.79 Å². The average Bonchev–Trinajstić information content (AvgIpc) is 2.72. The summed E-state index contributed by atoms with van der Waals surface area (Å²) >= 11 is 0. The van der Waals surface area contributed by atoms with Crippen LogP contribution in [0.1, 0.15) is 21.7 Å². The van der Waals surface area contributed by atoms with Gasteiger partial charge in [0.2, 0.25) is 0 Å². The Morgan fingerprint density at radius 2 is 1.95 bits per heavy atom. The number of hydrogen-bond donors (Lipinski definition) is 2. The molecule has 0 aliphatic rings. The Kier molecular flexibility index (Phi) is 4.36. The van der Waals surface area contributed by atoms with E-state index in [4.69, 9.17) is 10.2 Å². The van der Waals surface area contributed by atoms with Crippen molar-refractivity contribution in [1.29, 1.82) is 0 Å². The lowest BCUT2D eigenvalue weighted by Crippen LogP contribution is -2.36. The Hall–Kier alpha value is -1.92. The van der Waals surface area contributed by atoms with E-state index < -0.39 is 0 Å². The molecule has 0 aliphatic heterocycles. The van der Waals surface area contributed by atoms with Crippen molar-refractivity contribution >= 4 is 11.6 Å². The van der Waals surface area contributed by atoms with Gasteiger partial charge in [-0.25, -0.2) is 4.98 Å². The molecule has 2 heterocycles. The summed E-state index contributed by atoms with van der Waals surface area (Å²) in [5, 5.41) is 18.1. The molecule has 20 heavy (non-hydrogen) atoms. The number of fused-ring (bicyclic) bond motifs is 1. The Labute approximate surface area is 117 Å². The first-order valence-corrected chi connectivity index (χ1v) is 6.54. The van der Waals surface area contributed by atoms with Crippen LogP contribution in [0.5, 0.6) is 0 Å².